The van der Waals surface area contributed by atoms with Crippen molar-refractivity contribution in [1.82, 2.24) is 9.97 Å². The molecule has 0 saturated carbocycles. The van der Waals surface area contributed by atoms with Crippen LogP contribution in [0.15, 0.2) is 67.0 Å². The van der Waals surface area contributed by atoms with Gasteiger partial charge < -0.3 is 14.8 Å². The lowest BCUT2D eigenvalue weighted by atomic mass is 10.1. The number of thiazole rings is 1. The summed E-state index contributed by atoms with van der Waals surface area (Å²) in [6, 6.07) is 17.4. The van der Waals surface area contributed by atoms with Crippen LogP contribution >= 0.6 is 11.3 Å². The second-order valence-corrected chi connectivity index (χ2v) is 8.28. The highest BCUT2D eigenvalue weighted by Gasteiger charge is 2.19. The van der Waals surface area contributed by atoms with Crippen LogP contribution in [0.3, 0.4) is 0 Å². The molecule has 0 atom stereocenters. The maximum atomic E-state index is 12.8. The third-order valence-electron chi connectivity index (χ3n) is 4.91. The average Bonchev–Trinajstić information content (AvgIpc) is 3.42. The zero-order valence-corrected chi connectivity index (χ0v) is 17.6. The van der Waals surface area contributed by atoms with Crippen LogP contribution in [0.5, 0.6) is 11.5 Å². The number of amides is 1. The lowest BCUT2D eigenvalue weighted by Gasteiger charge is -2.07. The Hall–Kier alpha value is -3.71. The Balaban J connectivity index is 1.43. The zero-order chi connectivity index (χ0) is 21.2. The second-order valence-electron chi connectivity index (χ2n) is 7.19. The predicted octanol–water partition coefficient (Wildman–Crippen LogP) is 5.09. The number of carbonyl (C=O) groups excluding carboxylic acids is 1. The van der Waals surface area contributed by atoms with E-state index in [0.29, 0.717) is 17.2 Å². The Morgan fingerprint density at radius 3 is 2.71 bits per heavy atom. The fourth-order valence-corrected chi connectivity index (χ4v) is 4.42. The molecule has 2 aromatic heterocycles. The van der Waals surface area contributed by atoms with Gasteiger partial charge in [-0.2, -0.15) is 0 Å². The van der Waals surface area contributed by atoms with Gasteiger partial charge in [-0.1, -0.05) is 29.8 Å². The molecule has 4 aromatic rings. The van der Waals surface area contributed by atoms with Gasteiger partial charge in [-0.3, -0.25) is 9.78 Å². The van der Waals surface area contributed by atoms with Crippen molar-refractivity contribution in [3.05, 3.63) is 77.4 Å². The van der Waals surface area contributed by atoms with Crippen molar-refractivity contribution in [2.45, 2.75) is 13.3 Å². The van der Waals surface area contributed by atoms with Crippen LogP contribution in [-0.2, 0) is 11.2 Å². The first-order valence-corrected chi connectivity index (χ1v) is 10.6. The summed E-state index contributed by atoms with van der Waals surface area (Å²) in [7, 11) is 0. The Kier molecular flexibility index (Phi) is 5.09. The first-order valence-electron chi connectivity index (χ1n) is 9.82. The van der Waals surface area contributed by atoms with E-state index in [1.165, 1.54) is 16.9 Å². The standard InChI is InChI=1S/C24H19N3O3S/c1-15-4-6-16(7-5-15)23-21(31-24(27-23)17-3-2-10-25-13-17)12-22(28)26-18-8-9-19-20(11-18)30-14-29-19/h2-11,13H,12,14H2,1H3,(H,26,28). The van der Waals surface area contributed by atoms with Gasteiger partial charge in [0, 0.05) is 40.2 Å². The molecule has 0 saturated heterocycles. The highest BCUT2D eigenvalue weighted by Crippen LogP contribution is 2.36. The van der Waals surface area contributed by atoms with Crippen molar-refractivity contribution >= 4 is 22.9 Å². The molecule has 0 spiro atoms. The van der Waals surface area contributed by atoms with E-state index in [0.717, 1.165) is 26.7 Å². The van der Waals surface area contributed by atoms with E-state index in [4.69, 9.17) is 14.5 Å². The molecular weight excluding hydrogens is 410 g/mol. The van der Waals surface area contributed by atoms with E-state index in [1.807, 2.05) is 31.2 Å². The van der Waals surface area contributed by atoms with Crippen molar-refractivity contribution in [1.29, 1.82) is 0 Å². The van der Waals surface area contributed by atoms with Gasteiger partial charge in [0.05, 0.1) is 12.1 Å². The lowest BCUT2D eigenvalue weighted by molar-refractivity contribution is -0.115. The summed E-state index contributed by atoms with van der Waals surface area (Å²) in [6.07, 6.45) is 3.74. The monoisotopic (exact) mass is 429 g/mol. The lowest BCUT2D eigenvalue weighted by Crippen LogP contribution is -2.14. The molecule has 3 heterocycles. The molecule has 1 amide bonds. The fraction of sp³-hybridized carbons (Fsp3) is 0.125. The number of benzene rings is 2. The summed E-state index contributed by atoms with van der Waals surface area (Å²) < 4.78 is 10.7. The molecule has 1 aliphatic heterocycles. The molecule has 1 aliphatic rings. The number of nitrogens with one attached hydrogen (secondary N) is 1. The maximum absolute atomic E-state index is 12.8. The fourth-order valence-electron chi connectivity index (χ4n) is 3.35. The molecule has 31 heavy (non-hydrogen) atoms. The summed E-state index contributed by atoms with van der Waals surface area (Å²) in [4.78, 5) is 22.8. The van der Waals surface area contributed by atoms with Crippen molar-refractivity contribution in [2.75, 3.05) is 12.1 Å². The summed E-state index contributed by atoms with van der Waals surface area (Å²) in [5, 5.41) is 3.79. The predicted molar refractivity (Wildman–Crippen MR) is 120 cm³/mol. The van der Waals surface area contributed by atoms with Crippen LogP contribution < -0.4 is 14.8 Å². The molecule has 0 bridgehead atoms. The van der Waals surface area contributed by atoms with Crippen LogP contribution in [0.25, 0.3) is 21.8 Å². The summed E-state index contributed by atoms with van der Waals surface area (Å²) in [5.74, 6) is 1.20. The Labute approximate surface area is 183 Å². The normalized spacial score (nSPS) is 12.0. The molecule has 0 aliphatic carbocycles. The first-order chi connectivity index (χ1) is 15.2. The van der Waals surface area contributed by atoms with Gasteiger partial charge in [0.2, 0.25) is 12.7 Å². The molecule has 0 unspecified atom stereocenters. The minimum Gasteiger partial charge on any atom is -0.454 e. The molecular formula is C24H19N3O3S. The molecule has 1 N–H and O–H groups in total. The van der Waals surface area contributed by atoms with E-state index >= 15 is 0 Å². The van der Waals surface area contributed by atoms with E-state index in [-0.39, 0.29) is 19.1 Å². The molecule has 0 radical (unpaired) electrons. The number of anilines is 1. The summed E-state index contributed by atoms with van der Waals surface area (Å²) in [6.45, 7) is 2.25. The highest BCUT2D eigenvalue weighted by molar-refractivity contribution is 7.15. The van der Waals surface area contributed by atoms with Gasteiger partial charge in [-0.15, -0.1) is 11.3 Å². The van der Waals surface area contributed by atoms with E-state index in [2.05, 4.69) is 22.4 Å². The number of aryl methyl sites for hydroxylation is 1. The van der Waals surface area contributed by atoms with E-state index < -0.39 is 0 Å². The third kappa shape index (κ3) is 4.13. The molecule has 2 aromatic carbocycles. The number of rotatable bonds is 5. The van der Waals surface area contributed by atoms with Crippen LogP contribution in [0.2, 0.25) is 0 Å². The SMILES string of the molecule is Cc1ccc(-c2nc(-c3cccnc3)sc2CC(=O)Nc2ccc3c(c2)OCO3)cc1. The number of hydrogen-bond acceptors (Lipinski definition) is 6. The molecule has 0 fully saturated rings. The molecule has 5 rings (SSSR count). The number of carbonyl (C=O) groups is 1. The number of fused-ring (bicyclic) bond motifs is 1. The largest absolute Gasteiger partial charge is 0.454 e. The number of hydrogen-bond donors (Lipinski definition) is 1. The van der Waals surface area contributed by atoms with Gasteiger partial charge in [0.1, 0.15) is 5.01 Å². The highest BCUT2D eigenvalue weighted by atomic mass is 32.1. The van der Waals surface area contributed by atoms with Crippen molar-refractivity contribution in [3.8, 4) is 33.3 Å². The van der Waals surface area contributed by atoms with Gasteiger partial charge in [0.25, 0.3) is 0 Å². The van der Waals surface area contributed by atoms with Crippen molar-refractivity contribution in [3.63, 3.8) is 0 Å². The Morgan fingerprint density at radius 2 is 1.90 bits per heavy atom. The topological polar surface area (TPSA) is 73.3 Å². The minimum atomic E-state index is -0.117. The maximum Gasteiger partial charge on any atom is 0.231 e. The van der Waals surface area contributed by atoms with E-state index in [9.17, 15) is 4.79 Å². The first kappa shape index (κ1) is 19.3. The quantitative estimate of drug-likeness (QED) is 0.478. The van der Waals surface area contributed by atoms with Crippen LogP contribution in [0.1, 0.15) is 10.4 Å². The molecule has 154 valence electrons. The number of ether oxygens (including phenoxy) is 2. The van der Waals surface area contributed by atoms with Gasteiger partial charge in [0.15, 0.2) is 11.5 Å². The van der Waals surface area contributed by atoms with Gasteiger partial charge in [-0.25, -0.2) is 4.98 Å². The smallest absolute Gasteiger partial charge is 0.231 e. The van der Waals surface area contributed by atoms with Gasteiger partial charge in [-0.05, 0) is 31.2 Å². The minimum absolute atomic E-state index is 0.117. The van der Waals surface area contributed by atoms with Crippen molar-refractivity contribution < 1.29 is 14.3 Å². The summed E-state index contributed by atoms with van der Waals surface area (Å²) in [5.41, 5.74) is 4.59. The molecule has 6 nitrogen and oxygen atoms in total. The zero-order valence-electron chi connectivity index (χ0n) is 16.8. The average molecular weight is 430 g/mol. The van der Waals surface area contributed by atoms with Crippen LogP contribution in [0, 0.1) is 6.92 Å². The summed E-state index contributed by atoms with van der Waals surface area (Å²) >= 11 is 1.51. The number of pyridine rings is 1. The third-order valence-corrected chi connectivity index (χ3v) is 6.01. The van der Waals surface area contributed by atoms with E-state index in [1.54, 1.807) is 30.6 Å². The van der Waals surface area contributed by atoms with Crippen LogP contribution in [0.4, 0.5) is 5.69 Å². The second kappa shape index (κ2) is 8.20. The van der Waals surface area contributed by atoms with Crippen molar-refractivity contribution in [2.24, 2.45) is 0 Å². The van der Waals surface area contributed by atoms with Gasteiger partial charge >= 0.3 is 0 Å². The number of aromatic nitrogens is 2. The van der Waals surface area contributed by atoms with Crippen LogP contribution in [-0.4, -0.2) is 22.7 Å². The number of nitrogens with zero attached hydrogens (tertiary/aromatic N) is 2. The molecule has 7 heteroatoms. The Bertz CT molecular complexity index is 1240. The Morgan fingerprint density at radius 1 is 1.06 bits per heavy atom.